The Morgan fingerprint density at radius 2 is 2.05 bits per heavy atom. The molecule has 2 saturated heterocycles. The number of likely N-dealkylation sites (tertiary alicyclic amines) is 1. The number of nitro benzene ring substituents is 1. The van der Waals surface area contributed by atoms with Gasteiger partial charge in [-0.25, -0.2) is 0 Å². The summed E-state index contributed by atoms with van der Waals surface area (Å²) in [6.45, 7) is 4.47. The van der Waals surface area contributed by atoms with E-state index >= 15 is 0 Å². The van der Waals surface area contributed by atoms with Crippen molar-refractivity contribution in [2.45, 2.75) is 31.7 Å². The number of anilines is 1. The van der Waals surface area contributed by atoms with Gasteiger partial charge in [0.15, 0.2) is 0 Å². The van der Waals surface area contributed by atoms with Gasteiger partial charge in [0.25, 0.3) is 5.69 Å². The van der Waals surface area contributed by atoms with Crippen LogP contribution in [0.1, 0.15) is 25.7 Å². The minimum absolute atomic E-state index is 0.0795. The van der Waals surface area contributed by atoms with Gasteiger partial charge in [0, 0.05) is 25.2 Å². The summed E-state index contributed by atoms with van der Waals surface area (Å²) in [5, 5.41) is 10.9. The molecule has 0 bridgehead atoms. The summed E-state index contributed by atoms with van der Waals surface area (Å²) in [6, 6.07) is 5.41. The first-order chi connectivity index (χ1) is 10.7. The summed E-state index contributed by atoms with van der Waals surface area (Å²) >= 11 is 0. The average molecular weight is 305 g/mol. The van der Waals surface area contributed by atoms with Gasteiger partial charge in [0.2, 0.25) is 0 Å². The van der Waals surface area contributed by atoms with Crippen molar-refractivity contribution in [2.24, 2.45) is 0 Å². The molecule has 2 heterocycles. The first-order valence-corrected chi connectivity index (χ1v) is 8.00. The van der Waals surface area contributed by atoms with Crippen molar-refractivity contribution in [1.29, 1.82) is 0 Å². The van der Waals surface area contributed by atoms with Gasteiger partial charge in [-0.3, -0.25) is 10.1 Å². The molecule has 6 nitrogen and oxygen atoms in total. The number of hydrogen-bond acceptors (Lipinski definition) is 5. The van der Waals surface area contributed by atoms with E-state index in [9.17, 15) is 10.1 Å². The molecule has 2 fully saturated rings. The maximum Gasteiger partial charge on any atom is 0.273 e. The van der Waals surface area contributed by atoms with Crippen LogP contribution in [0.3, 0.4) is 0 Å². The van der Waals surface area contributed by atoms with Crippen LogP contribution in [0.15, 0.2) is 18.2 Å². The zero-order valence-electron chi connectivity index (χ0n) is 13.0. The number of nitro groups is 1. The Morgan fingerprint density at radius 1 is 1.27 bits per heavy atom. The summed E-state index contributed by atoms with van der Waals surface area (Å²) in [6.07, 6.45) is 4.94. The molecule has 2 aliphatic heterocycles. The number of hydrogen-bond donors (Lipinski definition) is 0. The molecule has 0 saturated carbocycles. The fraction of sp³-hybridized carbons (Fsp3) is 0.625. The van der Waals surface area contributed by atoms with Crippen LogP contribution >= 0.6 is 0 Å². The molecule has 1 atom stereocenters. The lowest BCUT2D eigenvalue weighted by Gasteiger charge is -2.31. The summed E-state index contributed by atoms with van der Waals surface area (Å²) in [4.78, 5) is 15.4. The lowest BCUT2D eigenvalue weighted by Crippen LogP contribution is -2.39. The Kier molecular flexibility index (Phi) is 4.47. The van der Waals surface area contributed by atoms with Gasteiger partial charge < -0.3 is 14.5 Å². The van der Waals surface area contributed by atoms with Crippen LogP contribution in [0.5, 0.6) is 5.75 Å². The van der Waals surface area contributed by atoms with E-state index in [1.54, 1.807) is 13.2 Å². The van der Waals surface area contributed by atoms with Crippen molar-refractivity contribution >= 4 is 11.4 Å². The van der Waals surface area contributed by atoms with Gasteiger partial charge in [0.1, 0.15) is 5.75 Å². The van der Waals surface area contributed by atoms with Gasteiger partial charge >= 0.3 is 0 Å². The maximum absolute atomic E-state index is 10.9. The molecule has 0 aliphatic carbocycles. The van der Waals surface area contributed by atoms with Crippen LogP contribution in [0.25, 0.3) is 0 Å². The van der Waals surface area contributed by atoms with Gasteiger partial charge in [-0.15, -0.1) is 0 Å². The summed E-state index contributed by atoms with van der Waals surface area (Å²) in [5.74, 6) is 0.600. The largest absolute Gasteiger partial charge is 0.494 e. The first kappa shape index (κ1) is 15.1. The predicted octanol–water partition coefficient (Wildman–Crippen LogP) is 2.67. The molecule has 22 heavy (non-hydrogen) atoms. The van der Waals surface area contributed by atoms with E-state index in [0.717, 1.165) is 18.8 Å². The second-order valence-electron chi connectivity index (χ2n) is 6.11. The first-order valence-electron chi connectivity index (χ1n) is 8.00. The molecule has 3 rings (SSSR count). The van der Waals surface area contributed by atoms with Crippen molar-refractivity contribution in [1.82, 2.24) is 4.90 Å². The summed E-state index contributed by atoms with van der Waals surface area (Å²) in [5.41, 5.74) is 1.06. The Morgan fingerprint density at radius 3 is 2.73 bits per heavy atom. The number of rotatable bonds is 5. The topological polar surface area (TPSA) is 58.9 Å². The number of benzene rings is 1. The highest BCUT2D eigenvalue weighted by Crippen LogP contribution is 2.36. The van der Waals surface area contributed by atoms with Crippen molar-refractivity contribution in [2.75, 3.05) is 38.2 Å². The van der Waals surface area contributed by atoms with E-state index in [0.29, 0.717) is 11.8 Å². The summed E-state index contributed by atoms with van der Waals surface area (Å²) in [7, 11) is 1.58. The molecule has 0 aromatic heterocycles. The smallest absolute Gasteiger partial charge is 0.273 e. The van der Waals surface area contributed by atoms with Crippen LogP contribution in [-0.4, -0.2) is 49.2 Å². The van der Waals surface area contributed by atoms with E-state index in [4.69, 9.17) is 4.74 Å². The van der Waals surface area contributed by atoms with Crippen LogP contribution in [0, 0.1) is 10.1 Å². The van der Waals surface area contributed by atoms with E-state index in [2.05, 4.69) is 9.80 Å². The molecule has 0 unspecified atom stereocenters. The maximum atomic E-state index is 10.9. The molecule has 0 amide bonds. The zero-order chi connectivity index (χ0) is 15.5. The van der Waals surface area contributed by atoms with Crippen LogP contribution in [0.4, 0.5) is 11.4 Å². The molecule has 2 aliphatic rings. The third-order valence-corrected chi connectivity index (χ3v) is 4.73. The molecule has 1 aromatic rings. The highest BCUT2D eigenvalue weighted by Gasteiger charge is 2.29. The molecule has 0 radical (unpaired) electrons. The van der Waals surface area contributed by atoms with Crippen molar-refractivity contribution in [3.05, 3.63) is 28.3 Å². The van der Waals surface area contributed by atoms with Crippen LogP contribution in [0.2, 0.25) is 0 Å². The van der Waals surface area contributed by atoms with E-state index < -0.39 is 0 Å². The lowest BCUT2D eigenvalue weighted by atomic mass is 10.1. The van der Waals surface area contributed by atoms with Gasteiger partial charge in [0.05, 0.1) is 23.8 Å². The van der Waals surface area contributed by atoms with Crippen molar-refractivity contribution in [3.63, 3.8) is 0 Å². The normalized spacial score (nSPS) is 22.2. The number of ether oxygens (including phenoxy) is 1. The van der Waals surface area contributed by atoms with E-state index in [1.165, 1.54) is 44.8 Å². The molecule has 0 spiro atoms. The number of nitrogens with zero attached hydrogens (tertiary/aromatic N) is 3. The Balaban J connectivity index is 1.80. The summed E-state index contributed by atoms with van der Waals surface area (Å²) < 4.78 is 5.41. The predicted molar refractivity (Wildman–Crippen MR) is 85.7 cm³/mol. The molecule has 6 heteroatoms. The van der Waals surface area contributed by atoms with Gasteiger partial charge in [-0.1, -0.05) is 0 Å². The van der Waals surface area contributed by atoms with Gasteiger partial charge in [-0.2, -0.15) is 0 Å². The third kappa shape index (κ3) is 3.02. The quantitative estimate of drug-likeness (QED) is 0.618. The zero-order valence-corrected chi connectivity index (χ0v) is 13.0. The Bertz CT molecular complexity index is 543. The third-order valence-electron chi connectivity index (χ3n) is 4.73. The standard InChI is InChI=1S/C16H23N3O3/c1-22-16-11-13(19(20)21)6-7-15(16)18-10-4-5-14(18)12-17-8-2-3-9-17/h6-7,11,14H,2-5,8-10,12H2,1H3/t14-/m0/s1. The molecule has 1 aromatic carbocycles. The van der Waals surface area contributed by atoms with E-state index in [-0.39, 0.29) is 10.6 Å². The Labute approximate surface area is 130 Å². The fourth-order valence-corrected chi connectivity index (χ4v) is 3.62. The molecular weight excluding hydrogens is 282 g/mol. The van der Waals surface area contributed by atoms with Crippen LogP contribution < -0.4 is 9.64 Å². The SMILES string of the molecule is COc1cc([N+](=O)[O-])ccc1N1CCC[C@H]1CN1CCCC1. The monoisotopic (exact) mass is 305 g/mol. The van der Waals surface area contributed by atoms with E-state index in [1.807, 2.05) is 6.07 Å². The minimum atomic E-state index is -0.377. The van der Waals surface area contributed by atoms with Gasteiger partial charge in [-0.05, 0) is 44.8 Å². The fourth-order valence-electron chi connectivity index (χ4n) is 3.62. The second-order valence-corrected chi connectivity index (χ2v) is 6.11. The lowest BCUT2D eigenvalue weighted by molar-refractivity contribution is -0.384. The minimum Gasteiger partial charge on any atom is -0.494 e. The number of methoxy groups -OCH3 is 1. The number of non-ortho nitro benzene ring substituents is 1. The highest BCUT2D eigenvalue weighted by molar-refractivity contribution is 5.63. The van der Waals surface area contributed by atoms with Crippen molar-refractivity contribution < 1.29 is 9.66 Å². The second kappa shape index (κ2) is 6.52. The van der Waals surface area contributed by atoms with Crippen molar-refractivity contribution in [3.8, 4) is 5.75 Å². The molecule has 0 N–H and O–H groups in total. The highest BCUT2D eigenvalue weighted by atomic mass is 16.6. The van der Waals surface area contributed by atoms with Crippen LogP contribution in [-0.2, 0) is 0 Å². The molecule has 120 valence electrons. The molecular formula is C16H23N3O3. The average Bonchev–Trinajstić information content (AvgIpc) is 3.18. The Hall–Kier alpha value is -1.82.